The number of para-hydroxylation sites is 1. The van der Waals surface area contributed by atoms with Gasteiger partial charge in [-0.15, -0.1) is 11.3 Å². The van der Waals surface area contributed by atoms with Crippen LogP contribution >= 0.6 is 11.3 Å². The van der Waals surface area contributed by atoms with E-state index in [0.717, 1.165) is 33.2 Å². The standard InChI is InChI=1S/C39H23N5S/c1-3-11-23(12-4-1)37-41-38(24-13-5-2-6-14-24)43-39(42-37)44-32-20-19-27-26-16-8-10-18-34(26)45-36(27)35(32)29-21-28-25-15-7-9-17-30(25)40-31(28)22-33(29)44/h1-22,40H. The summed E-state index contributed by atoms with van der Waals surface area (Å²) >= 11 is 1.85. The molecule has 0 aliphatic heterocycles. The van der Waals surface area contributed by atoms with Gasteiger partial charge in [-0.1, -0.05) is 103 Å². The van der Waals surface area contributed by atoms with Gasteiger partial charge < -0.3 is 4.98 Å². The van der Waals surface area contributed by atoms with E-state index < -0.39 is 0 Å². The summed E-state index contributed by atoms with van der Waals surface area (Å²) in [6, 6.07) is 46.6. The van der Waals surface area contributed by atoms with Gasteiger partial charge in [-0.05, 0) is 30.3 Å². The van der Waals surface area contributed by atoms with Crippen molar-refractivity contribution in [3.8, 4) is 28.7 Å². The van der Waals surface area contributed by atoms with Crippen LogP contribution in [0, 0.1) is 0 Å². The first kappa shape index (κ1) is 24.6. The van der Waals surface area contributed by atoms with Gasteiger partial charge in [0.05, 0.1) is 11.0 Å². The lowest BCUT2D eigenvalue weighted by atomic mass is 10.1. The number of nitrogens with one attached hydrogen (secondary N) is 1. The predicted molar refractivity (Wildman–Crippen MR) is 187 cm³/mol. The molecule has 1 N–H and O–H groups in total. The van der Waals surface area contributed by atoms with Crippen molar-refractivity contribution in [2.75, 3.05) is 0 Å². The van der Waals surface area contributed by atoms with Crippen molar-refractivity contribution in [2.24, 2.45) is 0 Å². The van der Waals surface area contributed by atoms with Crippen LogP contribution in [0.25, 0.3) is 92.5 Å². The lowest BCUT2D eigenvalue weighted by Crippen LogP contribution is -2.06. The number of hydrogen-bond acceptors (Lipinski definition) is 4. The Bertz CT molecular complexity index is 2700. The lowest BCUT2D eigenvalue weighted by Gasteiger charge is -2.11. The van der Waals surface area contributed by atoms with Crippen molar-refractivity contribution in [3.63, 3.8) is 0 Å². The van der Waals surface area contributed by atoms with Gasteiger partial charge in [0, 0.05) is 63.9 Å². The summed E-state index contributed by atoms with van der Waals surface area (Å²) in [7, 11) is 0. The van der Waals surface area contributed by atoms with Gasteiger partial charge in [-0.2, -0.15) is 9.97 Å². The van der Waals surface area contributed by atoms with Gasteiger partial charge in [-0.3, -0.25) is 4.57 Å². The third-order valence-corrected chi connectivity index (χ3v) is 9.99. The molecule has 5 nitrogen and oxygen atoms in total. The van der Waals surface area contributed by atoms with Gasteiger partial charge in [-0.25, -0.2) is 4.98 Å². The number of hydrogen-bond donors (Lipinski definition) is 1. The first-order valence-electron chi connectivity index (χ1n) is 15.0. The molecule has 210 valence electrons. The number of fused-ring (bicyclic) bond motifs is 10. The fourth-order valence-electron chi connectivity index (χ4n) is 6.74. The zero-order valence-electron chi connectivity index (χ0n) is 23.9. The average Bonchev–Trinajstić information content (AvgIpc) is 3.76. The summed E-state index contributed by atoms with van der Waals surface area (Å²) < 4.78 is 4.78. The maximum absolute atomic E-state index is 5.15. The molecule has 0 fully saturated rings. The molecule has 6 aromatic carbocycles. The number of nitrogens with zero attached hydrogens (tertiary/aromatic N) is 4. The van der Waals surface area contributed by atoms with E-state index >= 15 is 0 Å². The number of H-pyrrole nitrogens is 1. The monoisotopic (exact) mass is 593 g/mol. The largest absolute Gasteiger partial charge is 0.354 e. The molecule has 0 aliphatic rings. The highest BCUT2D eigenvalue weighted by Crippen LogP contribution is 2.44. The van der Waals surface area contributed by atoms with E-state index in [-0.39, 0.29) is 0 Å². The van der Waals surface area contributed by atoms with Crippen LogP contribution in [0.4, 0.5) is 0 Å². The van der Waals surface area contributed by atoms with Gasteiger partial charge in [0.2, 0.25) is 5.95 Å². The van der Waals surface area contributed by atoms with E-state index in [4.69, 9.17) is 15.0 Å². The highest BCUT2D eigenvalue weighted by Gasteiger charge is 2.22. The van der Waals surface area contributed by atoms with Crippen LogP contribution in [-0.2, 0) is 0 Å². The normalized spacial score (nSPS) is 12.0. The molecule has 4 heterocycles. The highest BCUT2D eigenvalue weighted by atomic mass is 32.1. The molecule has 4 aromatic heterocycles. The van der Waals surface area contributed by atoms with Crippen molar-refractivity contribution < 1.29 is 0 Å². The van der Waals surface area contributed by atoms with Crippen molar-refractivity contribution in [2.45, 2.75) is 0 Å². The summed E-state index contributed by atoms with van der Waals surface area (Å²) in [6.45, 7) is 0. The number of aromatic nitrogens is 5. The number of rotatable bonds is 3. The van der Waals surface area contributed by atoms with Crippen LogP contribution in [0.3, 0.4) is 0 Å². The summed E-state index contributed by atoms with van der Waals surface area (Å²) in [5.41, 5.74) is 6.23. The maximum atomic E-state index is 5.15. The second-order valence-electron chi connectivity index (χ2n) is 11.4. The third kappa shape index (κ3) is 3.63. The molecule has 10 aromatic rings. The second-order valence-corrected chi connectivity index (χ2v) is 12.4. The fraction of sp³-hybridized carbons (Fsp3) is 0. The van der Waals surface area contributed by atoms with E-state index in [1.54, 1.807) is 0 Å². The highest BCUT2D eigenvalue weighted by molar-refractivity contribution is 7.26. The molecule has 45 heavy (non-hydrogen) atoms. The Morgan fingerprint density at radius 1 is 0.489 bits per heavy atom. The number of benzene rings is 6. The zero-order valence-corrected chi connectivity index (χ0v) is 24.7. The molecule has 0 saturated heterocycles. The molecule has 0 aliphatic carbocycles. The zero-order chi connectivity index (χ0) is 29.5. The van der Waals surface area contributed by atoms with Crippen LogP contribution in [0.2, 0.25) is 0 Å². The topological polar surface area (TPSA) is 59.4 Å². The molecule has 10 rings (SSSR count). The smallest absolute Gasteiger partial charge is 0.238 e. The van der Waals surface area contributed by atoms with Gasteiger partial charge in [0.15, 0.2) is 11.6 Å². The van der Waals surface area contributed by atoms with Gasteiger partial charge in [0.25, 0.3) is 0 Å². The Morgan fingerprint density at radius 3 is 1.91 bits per heavy atom. The lowest BCUT2D eigenvalue weighted by molar-refractivity contribution is 0.954. The van der Waals surface area contributed by atoms with E-state index in [0.29, 0.717) is 17.6 Å². The van der Waals surface area contributed by atoms with E-state index in [9.17, 15) is 0 Å². The fourth-order valence-corrected chi connectivity index (χ4v) is 8.00. The molecule has 6 heteroatoms. The van der Waals surface area contributed by atoms with Crippen molar-refractivity contribution in [1.29, 1.82) is 0 Å². The van der Waals surface area contributed by atoms with E-state index in [1.807, 2.05) is 47.7 Å². The molecule has 0 unspecified atom stereocenters. The molecule has 0 amide bonds. The molecule has 0 saturated carbocycles. The van der Waals surface area contributed by atoms with Gasteiger partial charge in [0.1, 0.15) is 0 Å². The Hall–Kier alpha value is -5.85. The molecule has 0 atom stereocenters. The van der Waals surface area contributed by atoms with Crippen molar-refractivity contribution >= 4 is 75.1 Å². The van der Waals surface area contributed by atoms with Crippen molar-refractivity contribution in [3.05, 3.63) is 133 Å². The summed E-state index contributed by atoms with van der Waals surface area (Å²) in [4.78, 5) is 18.9. The van der Waals surface area contributed by atoms with Crippen molar-refractivity contribution in [1.82, 2.24) is 24.5 Å². The SMILES string of the molecule is c1ccc(-c2nc(-c3ccccc3)nc(-n3c4cc5[nH]c6ccccc6c5cc4c4c5sc6ccccc6c5ccc43)n2)cc1. The first-order chi connectivity index (χ1) is 22.3. The van der Waals surface area contributed by atoms with Crippen LogP contribution in [0.15, 0.2) is 133 Å². The molecule has 0 radical (unpaired) electrons. The Morgan fingerprint density at radius 2 is 1.16 bits per heavy atom. The average molecular weight is 594 g/mol. The third-order valence-electron chi connectivity index (χ3n) is 8.79. The van der Waals surface area contributed by atoms with E-state index in [1.165, 1.54) is 41.7 Å². The Kier molecular flexibility index (Phi) is 5.09. The summed E-state index contributed by atoms with van der Waals surface area (Å²) in [5, 5.41) is 7.39. The number of thiophene rings is 1. The molecular formula is C39H23N5S. The van der Waals surface area contributed by atoms with E-state index in [2.05, 4.69) is 107 Å². The second kappa shape index (κ2) is 9.32. The van der Waals surface area contributed by atoms with Crippen LogP contribution in [0.1, 0.15) is 0 Å². The Labute approximate surface area is 261 Å². The molecule has 0 bridgehead atoms. The maximum Gasteiger partial charge on any atom is 0.238 e. The summed E-state index contributed by atoms with van der Waals surface area (Å²) in [5.74, 6) is 1.88. The summed E-state index contributed by atoms with van der Waals surface area (Å²) in [6.07, 6.45) is 0. The Balaban J connectivity index is 1.38. The minimum absolute atomic E-state index is 0.596. The molecule has 0 spiro atoms. The minimum Gasteiger partial charge on any atom is -0.354 e. The first-order valence-corrected chi connectivity index (χ1v) is 15.8. The van der Waals surface area contributed by atoms with Gasteiger partial charge >= 0.3 is 0 Å². The van der Waals surface area contributed by atoms with Crippen LogP contribution in [-0.4, -0.2) is 24.5 Å². The van der Waals surface area contributed by atoms with Crippen LogP contribution in [0.5, 0.6) is 0 Å². The minimum atomic E-state index is 0.596. The van der Waals surface area contributed by atoms with Crippen LogP contribution < -0.4 is 0 Å². The predicted octanol–water partition coefficient (Wildman–Crippen LogP) is 10.3. The molecular weight excluding hydrogens is 571 g/mol. The number of aromatic amines is 1. The quantitative estimate of drug-likeness (QED) is 0.222.